The summed E-state index contributed by atoms with van der Waals surface area (Å²) >= 11 is 0. The number of isocyanates is 3. The zero-order valence-corrected chi connectivity index (χ0v) is 11.5. The third-order valence-corrected chi connectivity index (χ3v) is 2.39. The highest BCUT2D eigenvalue weighted by atomic mass is 16.2. The van der Waals surface area contributed by atoms with Crippen LogP contribution < -0.4 is 16.4 Å². The van der Waals surface area contributed by atoms with Gasteiger partial charge >= 0.3 is 12.1 Å². The lowest BCUT2D eigenvalue weighted by atomic mass is 10.1. The van der Waals surface area contributed by atoms with Gasteiger partial charge in [0.1, 0.15) is 0 Å². The van der Waals surface area contributed by atoms with Crippen LogP contribution in [0.4, 0.5) is 9.59 Å². The second kappa shape index (κ2) is 10.6. The highest BCUT2D eigenvalue weighted by molar-refractivity contribution is 5.92. The number of rotatable bonds is 9. The van der Waals surface area contributed by atoms with Crippen LogP contribution in [0.3, 0.4) is 0 Å². The molecule has 0 radical (unpaired) electrons. The van der Waals surface area contributed by atoms with E-state index in [-0.39, 0.29) is 13.0 Å². The number of nitrogens with two attached hydrogens (primary N) is 1. The van der Waals surface area contributed by atoms with Crippen molar-refractivity contribution < 1.29 is 24.0 Å². The SMILES string of the molecule is NC(=O)NC(=O)NCCCCCC(N=C=O)(N=C=O)N=C=O. The first-order valence-electron chi connectivity index (χ1n) is 6.11. The van der Waals surface area contributed by atoms with E-state index >= 15 is 0 Å². The predicted octanol–water partition coefficient (Wildman–Crippen LogP) is -0.414. The van der Waals surface area contributed by atoms with Crippen LogP contribution in [0.15, 0.2) is 15.0 Å². The van der Waals surface area contributed by atoms with Crippen LogP contribution >= 0.6 is 0 Å². The minimum Gasteiger partial charge on any atom is -0.351 e. The Hall–Kier alpha value is -3.12. The number of amides is 4. The molecule has 22 heavy (non-hydrogen) atoms. The number of hydrogen-bond donors (Lipinski definition) is 3. The third kappa shape index (κ3) is 8.13. The number of carbonyl (C=O) groups is 2. The Balaban J connectivity index is 4.22. The van der Waals surface area contributed by atoms with Gasteiger partial charge in [-0.05, 0) is 12.8 Å². The number of primary amides is 1. The molecule has 0 bridgehead atoms. The second-order valence-corrected chi connectivity index (χ2v) is 3.94. The van der Waals surface area contributed by atoms with E-state index in [1.54, 1.807) is 0 Å². The van der Waals surface area contributed by atoms with Crippen molar-refractivity contribution >= 4 is 30.3 Å². The Labute approximate surface area is 124 Å². The largest absolute Gasteiger partial charge is 0.351 e. The molecule has 0 unspecified atom stereocenters. The molecule has 0 saturated carbocycles. The lowest BCUT2D eigenvalue weighted by Crippen LogP contribution is -2.42. The number of carbonyl (C=O) groups excluding carboxylic acids is 5. The molecule has 118 valence electrons. The first kappa shape index (κ1) is 18.9. The Kier molecular flexibility index (Phi) is 9.13. The molecule has 4 amide bonds. The molecule has 0 aliphatic carbocycles. The van der Waals surface area contributed by atoms with Crippen LogP contribution in [0.5, 0.6) is 0 Å². The van der Waals surface area contributed by atoms with Gasteiger partial charge in [-0.1, -0.05) is 6.42 Å². The van der Waals surface area contributed by atoms with Gasteiger partial charge in [-0.15, -0.1) is 0 Å². The van der Waals surface area contributed by atoms with E-state index in [0.717, 1.165) is 0 Å². The van der Waals surface area contributed by atoms with Gasteiger partial charge in [0.2, 0.25) is 18.2 Å². The van der Waals surface area contributed by atoms with Gasteiger partial charge in [0.05, 0.1) is 0 Å². The molecule has 0 rings (SSSR count). The summed E-state index contributed by atoms with van der Waals surface area (Å²) in [6.45, 7) is 0.261. The first-order valence-corrected chi connectivity index (χ1v) is 6.11. The van der Waals surface area contributed by atoms with Gasteiger partial charge in [0, 0.05) is 13.0 Å². The van der Waals surface area contributed by atoms with Crippen LogP contribution in [-0.2, 0) is 14.4 Å². The van der Waals surface area contributed by atoms with Crippen molar-refractivity contribution in [1.82, 2.24) is 10.6 Å². The van der Waals surface area contributed by atoms with E-state index < -0.39 is 17.8 Å². The third-order valence-electron chi connectivity index (χ3n) is 2.39. The van der Waals surface area contributed by atoms with Crippen molar-refractivity contribution in [2.24, 2.45) is 20.7 Å². The minimum absolute atomic E-state index is 0.000201. The molecule has 11 heteroatoms. The highest BCUT2D eigenvalue weighted by Crippen LogP contribution is 2.22. The van der Waals surface area contributed by atoms with Gasteiger partial charge in [0.25, 0.3) is 5.79 Å². The van der Waals surface area contributed by atoms with Crippen molar-refractivity contribution in [3.8, 4) is 0 Å². The molecule has 0 aromatic carbocycles. The summed E-state index contributed by atoms with van der Waals surface area (Å²) in [5.74, 6) is -1.87. The molecule has 4 N–H and O–H groups in total. The van der Waals surface area contributed by atoms with Crippen LogP contribution in [0, 0.1) is 0 Å². The monoisotopic (exact) mass is 310 g/mol. The lowest BCUT2D eigenvalue weighted by molar-refractivity contribution is 0.231. The summed E-state index contributed by atoms with van der Waals surface area (Å²) in [4.78, 5) is 61.9. The van der Waals surface area contributed by atoms with E-state index in [9.17, 15) is 24.0 Å². The van der Waals surface area contributed by atoms with Gasteiger partial charge in [0.15, 0.2) is 0 Å². The molecule has 0 atom stereocenters. The second-order valence-electron chi connectivity index (χ2n) is 3.94. The van der Waals surface area contributed by atoms with Crippen molar-refractivity contribution in [2.45, 2.75) is 31.5 Å². The molecule has 0 aliphatic rings. The van der Waals surface area contributed by atoms with E-state index in [4.69, 9.17) is 5.73 Å². The van der Waals surface area contributed by atoms with Crippen molar-refractivity contribution in [3.63, 3.8) is 0 Å². The average Bonchev–Trinajstić information content (AvgIpc) is 2.43. The van der Waals surface area contributed by atoms with E-state index in [1.165, 1.54) is 18.2 Å². The molecule has 0 spiro atoms. The van der Waals surface area contributed by atoms with Crippen LogP contribution in [0.1, 0.15) is 25.7 Å². The number of unbranched alkanes of at least 4 members (excludes halogenated alkanes) is 2. The topological polar surface area (TPSA) is 173 Å². The highest BCUT2D eigenvalue weighted by Gasteiger charge is 2.28. The lowest BCUT2D eigenvalue weighted by Gasteiger charge is -2.14. The maximum absolute atomic E-state index is 11.0. The molecule has 11 nitrogen and oxygen atoms in total. The summed E-state index contributed by atoms with van der Waals surface area (Å²) in [6.07, 6.45) is 5.00. The number of nitrogens with one attached hydrogen (secondary N) is 2. The minimum atomic E-state index is -1.87. The van der Waals surface area contributed by atoms with Crippen LogP contribution in [0.25, 0.3) is 0 Å². The number of hydrogen-bond acceptors (Lipinski definition) is 8. The summed E-state index contributed by atoms with van der Waals surface area (Å²) in [7, 11) is 0. The zero-order chi connectivity index (χ0) is 16.8. The maximum Gasteiger partial charge on any atom is 0.322 e. The zero-order valence-electron chi connectivity index (χ0n) is 11.5. The van der Waals surface area contributed by atoms with E-state index in [1.807, 2.05) is 5.32 Å². The Morgan fingerprint density at radius 2 is 1.50 bits per heavy atom. The number of aliphatic imine (C=N–C) groups is 3. The predicted molar refractivity (Wildman–Crippen MR) is 71.7 cm³/mol. The molecule has 0 aliphatic heterocycles. The Bertz CT molecular complexity index is 498. The molecule has 0 heterocycles. The fourth-order valence-electron chi connectivity index (χ4n) is 1.48. The number of imide groups is 1. The van der Waals surface area contributed by atoms with Crippen LogP contribution in [-0.4, -0.2) is 42.6 Å². The molecule has 0 aromatic heterocycles. The van der Waals surface area contributed by atoms with Gasteiger partial charge < -0.3 is 11.1 Å². The molecule has 0 fully saturated rings. The number of nitrogens with zero attached hydrogens (tertiary/aromatic N) is 3. The van der Waals surface area contributed by atoms with Gasteiger partial charge in [-0.25, -0.2) is 24.0 Å². The fourth-order valence-corrected chi connectivity index (χ4v) is 1.48. The molecular formula is C11H14N6O5. The van der Waals surface area contributed by atoms with Crippen molar-refractivity contribution in [2.75, 3.05) is 6.54 Å². The molecule has 0 saturated heterocycles. The first-order chi connectivity index (χ1) is 10.5. The number of urea groups is 2. The smallest absolute Gasteiger partial charge is 0.322 e. The summed E-state index contributed by atoms with van der Waals surface area (Å²) < 4.78 is 0. The summed E-state index contributed by atoms with van der Waals surface area (Å²) in [5.41, 5.74) is 4.74. The quantitative estimate of drug-likeness (QED) is 0.297. The van der Waals surface area contributed by atoms with E-state index in [0.29, 0.717) is 19.3 Å². The fraction of sp³-hybridized carbons (Fsp3) is 0.545. The van der Waals surface area contributed by atoms with Crippen molar-refractivity contribution in [1.29, 1.82) is 0 Å². The Morgan fingerprint density at radius 3 is 1.95 bits per heavy atom. The average molecular weight is 310 g/mol. The summed E-state index contributed by atoms with van der Waals surface area (Å²) in [6, 6.07) is -1.68. The van der Waals surface area contributed by atoms with Gasteiger partial charge in [-0.2, -0.15) is 15.0 Å². The van der Waals surface area contributed by atoms with Crippen molar-refractivity contribution in [3.05, 3.63) is 0 Å². The molecule has 0 aromatic rings. The van der Waals surface area contributed by atoms with Gasteiger partial charge in [-0.3, -0.25) is 5.32 Å². The van der Waals surface area contributed by atoms with Crippen LogP contribution in [0.2, 0.25) is 0 Å². The molecular weight excluding hydrogens is 296 g/mol. The van der Waals surface area contributed by atoms with E-state index in [2.05, 4.69) is 20.3 Å². The standard InChI is InChI=1S/C11H14N6O5/c12-9(21)17-10(22)13-5-3-1-2-4-11(14-6-18,15-7-19)16-8-20/h1-5H2,(H4,12,13,17,21,22). The Morgan fingerprint density at radius 1 is 0.955 bits per heavy atom. The maximum atomic E-state index is 11.0. The normalized spacial score (nSPS) is 11.6. The summed E-state index contributed by atoms with van der Waals surface area (Å²) in [5, 5.41) is 4.20.